The van der Waals surface area contributed by atoms with Crippen molar-refractivity contribution in [3.05, 3.63) is 30.4 Å². The van der Waals surface area contributed by atoms with Crippen molar-refractivity contribution in [2.75, 3.05) is 19.6 Å². The van der Waals surface area contributed by atoms with Crippen molar-refractivity contribution in [1.82, 2.24) is 20.2 Å². The quantitative estimate of drug-likeness (QED) is 0.411. The number of imidazole rings is 1. The molecule has 132 valence electrons. The predicted molar refractivity (Wildman–Crippen MR) is 88.5 cm³/mol. The summed E-state index contributed by atoms with van der Waals surface area (Å²) in [7, 11) is 0. The van der Waals surface area contributed by atoms with Crippen LogP contribution in [0.15, 0.2) is 24.7 Å². The highest BCUT2D eigenvalue weighted by molar-refractivity contribution is 6.05. The second-order valence-electron chi connectivity index (χ2n) is 5.30. The second-order valence-corrected chi connectivity index (χ2v) is 5.30. The molecule has 1 aromatic rings. The predicted octanol–water partition coefficient (Wildman–Crippen LogP) is -1.32. The van der Waals surface area contributed by atoms with E-state index in [-0.39, 0.29) is 44.0 Å². The van der Waals surface area contributed by atoms with E-state index in [0.717, 1.165) is 4.90 Å². The van der Waals surface area contributed by atoms with Crippen LogP contribution >= 0.6 is 0 Å². The number of nitrogens with two attached hydrogens (primary N) is 2. The van der Waals surface area contributed by atoms with E-state index in [9.17, 15) is 14.4 Å². The van der Waals surface area contributed by atoms with Crippen LogP contribution < -0.4 is 16.8 Å². The molecule has 1 aromatic heterocycles. The lowest BCUT2D eigenvalue weighted by molar-refractivity contribution is -0.145. The highest BCUT2D eigenvalue weighted by Gasteiger charge is 2.30. The molecule has 0 aromatic carbocycles. The molecule has 0 unspecified atom stereocenters. The molecular weight excluding hydrogens is 312 g/mol. The minimum atomic E-state index is -0.931. The molecule has 6 N–H and O–H groups in total. The Bertz CT molecular complexity index is 584. The number of aromatic nitrogens is 2. The molecule has 9 heteroatoms. The molecule has 0 spiro atoms. The highest BCUT2D eigenvalue weighted by atomic mass is 16.2. The van der Waals surface area contributed by atoms with Crippen molar-refractivity contribution in [3.8, 4) is 0 Å². The van der Waals surface area contributed by atoms with E-state index in [0.29, 0.717) is 5.69 Å². The van der Waals surface area contributed by atoms with Crippen molar-refractivity contribution in [1.29, 1.82) is 0 Å². The van der Waals surface area contributed by atoms with E-state index in [2.05, 4.69) is 21.9 Å². The number of nitrogens with zero attached hydrogens (tertiary/aromatic N) is 2. The van der Waals surface area contributed by atoms with Gasteiger partial charge in [0.1, 0.15) is 6.04 Å². The summed E-state index contributed by atoms with van der Waals surface area (Å²) in [6.07, 6.45) is 3.26. The number of H-pyrrole nitrogens is 1. The van der Waals surface area contributed by atoms with Gasteiger partial charge in [0.15, 0.2) is 0 Å². The number of hydrogen-bond donors (Lipinski definition) is 4. The molecular formula is C15H24N6O3. The molecule has 0 aliphatic heterocycles. The van der Waals surface area contributed by atoms with Crippen LogP contribution in [0.25, 0.3) is 0 Å². The Morgan fingerprint density at radius 3 is 2.58 bits per heavy atom. The number of nitrogens with one attached hydrogen (secondary N) is 2. The SMILES string of the molecule is C=C(C)C(=O)N(CCN)C(=O)[C@H](Cc1cnc[nH]1)NC(=O)CCN. The standard InChI is InChI=1S/C15H24N6O3/c1-10(2)14(23)21(6-5-17)15(24)12(20-13(22)3-4-16)7-11-8-18-9-19-11/h8-9,12H,1,3-7,16-17H2,2H3,(H,18,19)(H,20,22)/t12-/m0/s1. The number of rotatable bonds is 9. The number of carbonyl (C=O) groups is 3. The average Bonchev–Trinajstić information content (AvgIpc) is 3.04. The molecule has 0 saturated carbocycles. The van der Waals surface area contributed by atoms with Gasteiger partial charge in [0.2, 0.25) is 5.91 Å². The molecule has 1 rings (SSSR count). The average molecular weight is 336 g/mol. The lowest BCUT2D eigenvalue weighted by Gasteiger charge is -2.26. The van der Waals surface area contributed by atoms with Crippen molar-refractivity contribution < 1.29 is 14.4 Å². The van der Waals surface area contributed by atoms with Crippen LogP contribution in [0.5, 0.6) is 0 Å². The Morgan fingerprint density at radius 2 is 2.08 bits per heavy atom. The fourth-order valence-corrected chi connectivity index (χ4v) is 2.07. The molecule has 1 heterocycles. The van der Waals surface area contributed by atoms with Gasteiger partial charge in [0.05, 0.1) is 6.33 Å². The van der Waals surface area contributed by atoms with Crippen LogP contribution in [0.4, 0.5) is 0 Å². The van der Waals surface area contributed by atoms with E-state index < -0.39 is 17.9 Å². The number of hydrogen-bond acceptors (Lipinski definition) is 6. The summed E-state index contributed by atoms with van der Waals surface area (Å²) in [6, 6.07) is -0.931. The second kappa shape index (κ2) is 9.58. The van der Waals surface area contributed by atoms with Crippen molar-refractivity contribution in [2.24, 2.45) is 11.5 Å². The van der Waals surface area contributed by atoms with Gasteiger partial charge in [0, 0.05) is 49.9 Å². The monoisotopic (exact) mass is 336 g/mol. The van der Waals surface area contributed by atoms with Crippen LogP contribution in [-0.4, -0.2) is 58.3 Å². The zero-order chi connectivity index (χ0) is 18.1. The minimum absolute atomic E-state index is 0.0385. The maximum atomic E-state index is 12.8. The van der Waals surface area contributed by atoms with Gasteiger partial charge in [0.25, 0.3) is 11.8 Å². The zero-order valence-corrected chi connectivity index (χ0v) is 13.7. The van der Waals surface area contributed by atoms with Gasteiger partial charge >= 0.3 is 0 Å². The van der Waals surface area contributed by atoms with Crippen LogP contribution in [0.3, 0.4) is 0 Å². The van der Waals surface area contributed by atoms with Crippen molar-refractivity contribution >= 4 is 17.7 Å². The van der Waals surface area contributed by atoms with E-state index >= 15 is 0 Å². The van der Waals surface area contributed by atoms with Crippen LogP contribution in [-0.2, 0) is 20.8 Å². The first kappa shape index (κ1) is 19.5. The minimum Gasteiger partial charge on any atom is -0.348 e. The van der Waals surface area contributed by atoms with Crippen LogP contribution in [0.1, 0.15) is 19.0 Å². The van der Waals surface area contributed by atoms with E-state index in [1.54, 1.807) is 6.20 Å². The number of imide groups is 1. The van der Waals surface area contributed by atoms with E-state index in [4.69, 9.17) is 11.5 Å². The van der Waals surface area contributed by atoms with Crippen LogP contribution in [0.2, 0.25) is 0 Å². The highest BCUT2D eigenvalue weighted by Crippen LogP contribution is 2.07. The molecule has 9 nitrogen and oxygen atoms in total. The van der Waals surface area contributed by atoms with Gasteiger partial charge in [-0.1, -0.05) is 6.58 Å². The fourth-order valence-electron chi connectivity index (χ4n) is 2.07. The number of amides is 3. The molecule has 0 bridgehead atoms. The first-order valence-electron chi connectivity index (χ1n) is 7.58. The smallest absolute Gasteiger partial charge is 0.255 e. The molecule has 0 aliphatic rings. The summed E-state index contributed by atoms with van der Waals surface area (Å²) in [4.78, 5) is 44.6. The lowest BCUT2D eigenvalue weighted by Crippen LogP contribution is -2.53. The summed E-state index contributed by atoms with van der Waals surface area (Å²) in [5.41, 5.74) is 11.7. The van der Waals surface area contributed by atoms with Gasteiger partial charge in [-0.15, -0.1) is 0 Å². The maximum Gasteiger partial charge on any atom is 0.255 e. The first-order valence-corrected chi connectivity index (χ1v) is 7.58. The third-order valence-corrected chi connectivity index (χ3v) is 3.21. The molecule has 0 fully saturated rings. The summed E-state index contributed by atoms with van der Waals surface area (Å²) in [5, 5.41) is 2.61. The van der Waals surface area contributed by atoms with Gasteiger partial charge < -0.3 is 21.8 Å². The van der Waals surface area contributed by atoms with E-state index in [1.165, 1.54) is 13.3 Å². The van der Waals surface area contributed by atoms with Gasteiger partial charge in [-0.3, -0.25) is 19.3 Å². The Labute approximate surface area is 140 Å². The number of carbonyl (C=O) groups excluding carboxylic acids is 3. The van der Waals surface area contributed by atoms with Crippen molar-refractivity contribution in [3.63, 3.8) is 0 Å². The molecule has 1 atom stereocenters. The molecule has 0 saturated heterocycles. The number of aromatic amines is 1. The van der Waals surface area contributed by atoms with Gasteiger partial charge in [-0.25, -0.2) is 4.98 Å². The first-order chi connectivity index (χ1) is 11.4. The van der Waals surface area contributed by atoms with Gasteiger partial charge in [-0.05, 0) is 6.92 Å². The molecule has 3 amide bonds. The van der Waals surface area contributed by atoms with E-state index in [1.807, 2.05) is 0 Å². The summed E-state index contributed by atoms with van der Waals surface area (Å²) < 4.78 is 0. The molecule has 0 aliphatic carbocycles. The molecule has 24 heavy (non-hydrogen) atoms. The summed E-state index contributed by atoms with van der Waals surface area (Å²) in [5.74, 6) is -1.44. The normalized spacial score (nSPS) is 11.6. The van der Waals surface area contributed by atoms with Gasteiger partial charge in [-0.2, -0.15) is 0 Å². The fraction of sp³-hybridized carbons (Fsp3) is 0.467. The lowest BCUT2D eigenvalue weighted by atomic mass is 10.1. The third kappa shape index (κ3) is 5.60. The largest absolute Gasteiger partial charge is 0.348 e. The Balaban J connectivity index is 2.99. The Hall–Kier alpha value is -2.52. The maximum absolute atomic E-state index is 12.8. The van der Waals surface area contributed by atoms with Crippen LogP contribution in [0, 0.1) is 0 Å². The topological polar surface area (TPSA) is 147 Å². The summed E-state index contributed by atoms with van der Waals surface area (Å²) >= 11 is 0. The Morgan fingerprint density at radius 1 is 1.38 bits per heavy atom. The zero-order valence-electron chi connectivity index (χ0n) is 13.7. The van der Waals surface area contributed by atoms with Crippen molar-refractivity contribution in [2.45, 2.75) is 25.8 Å². The summed E-state index contributed by atoms with van der Waals surface area (Å²) in [6.45, 7) is 5.38. The third-order valence-electron chi connectivity index (χ3n) is 3.21. The molecule has 0 radical (unpaired) electrons. The Kier molecular flexibility index (Phi) is 7.80.